The van der Waals surface area contributed by atoms with Crippen molar-refractivity contribution in [3.05, 3.63) is 192 Å². The Morgan fingerprint density at radius 1 is 0.633 bits per heavy atom. The van der Waals surface area contributed by atoms with Crippen LogP contribution in [0.2, 0.25) is 0 Å². The highest BCUT2D eigenvalue weighted by Gasteiger charge is 2.41. The third kappa shape index (κ3) is 4.44. The molecule has 3 heteroatoms. The Bertz CT molecular complexity index is 2430. The maximum atomic E-state index is 15.1. The molecule has 0 aromatic heterocycles. The van der Waals surface area contributed by atoms with Crippen molar-refractivity contribution >= 4 is 40.3 Å². The average molecular weight is 650 g/mol. The van der Waals surface area contributed by atoms with E-state index in [1.807, 2.05) is 54.6 Å². The number of rotatable bonds is 4. The zero-order chi connectivity index (χ0) is 33.3. The van der Waals surface area contributed by atoms with Crippen molar-refractivity contribution < 1.29 is 4.57 Å². The van der Waals surface area contributed by atoms with Crippen molar-refractivity contribution in [1.82, 2.24) is 0 Å². The summed E-state index contributed by atoms with van der Waals surface area (Å²) in [6.45, 7) is 9.81. The van der Waals surface area contributed by atoms with Crippen LogP contribution in [-0.4, -0.2) is 6.54 Å². The number of hydrogen-bond donors (Lipinski definition) is 0. The minimum absolute atomic E-state index is 0.00604. The molecule has 6 aromatic rings. The summed E-state index contributed by atoms with van der Waals surface area (Å²) in [7, 11) is -3.06. The molecule has 2 nitrogen and oxygen atoms in total. The van der Waals surface area contributed by atoms with Gasteiger partial charge in [0.2, 0.25) is 0 Å². The van der Waals surface area contributed by atoms with Crippen molar-refractivity contribution in [1.29, 1.82) is 0 Å². The van der Waals surface area contributed by atoms with Gasteiger partial charge in [-0.3, -0.25) is 0 Å². The van der Waals surface area contributed by atoms with Crippen LogP contribution >= 0.6 is 7.14 Å². The van der Waals surface area contributed by atoms with Crippen molar-refractivity contribution in [2.45, 2.75) is 19.3 Å². The topological polar surface area (TPSA) is 20.3 Å². The van der Waals surface area contributed by atoms with Gasteiger partial charge in [0.05, 0.1) is 0 Å². The average Bonchev–Trinajstić information content (AvgIpc) is 3.71. The number of benzene rings is 6. The lowest BCUT2D eigenvalue weighted by Crippen LogP contribution is -2.14. The van der Waals surface area contributed by atoms with Gasteiger partial charge in [0.25, 0.3) is 0 Å². The first-order valence-corrected chi connectivity index (χ1v) is 18.6. The first-order chi connectivity index (χ1) is 23.9. The maximum absolute atomic E-state index is 15.1. The van der Waals surface area contributed by atoms with E-state index >= 15 is 4.57 Å². The van der Waals surface area contributed by atoms with Gasteiger partial charge in [-0.2, -0.15) is 0 Å². The molecule has 2 heterocycles. The van der Waals surface area contributed by atoms with E-state index in [9.17, 15) is 0 Å². The van der Waals surface area contributed by atoms with Crippen LogP contribution in [0.15, 0.2) is 170 Å². The molecule has 1 atom stereocenters. The molecule has 0 N–H and O–H groups in total. The third-order valence-corrected chi connectivity index (χ3v) is 13.9. The summed E-state index contributed by atoms with van der Waals surface area (Å²) >= 11 is 0. The highest BCUT2D eigenvalue weighted by molar-refractivity contribution is 7.83. The molecule has 9 rings (SSSR count). The molecular weight excluding hydrogens is 613 g/mol. The molecule has 6 aromatic carbocycles. The Morgan fingerprint density at radius 2 is 1.27 bits per heavy atom. The van der Waals surface area contributed by atoms with Crippen LogP contribution in [0.3, 0.4) is 0 Å². The van der Waals surface area contributed by atoms with Gasteiger partial charge in [0.1, 0.15) is 0 Å². The predicted octanol–water partition coefficient (Wildman–Crippen LogP) is 11.1. The predicted molar refractivity (Wildman–Crippen MR) is 208 cm³/mol. The van der Waals surface area contributed by atoms with Crippen LogP contribution in [0.4, 0.5) is 11.4 Å². The lowest BCUT2D eigenvalue weighted by atomic mass is 9.82. The fourth-order valence-corrected chi connectivity index (χ4v) is 11.2. The van der Waals surface area contributed by atoms with E-state index in [0.717, 1.165) is 39.3 Å². The van der Waals surface area contributed by atoms with Crippen LogP contribution in [0.25, 0.3) is 33.4 Å². The second-order valence-electron chi connectivity index (χ2n) is 13.8. The van der Waals surface area contributed by atoms with Crippen LogP contribution in [0.5, 0.6) is 0 Å². The molecule has 0 spiro atoms. The summed E-state index contributed by atoms with van der Waals surface area (Å²) < 4.78 is 15.1. The number of allylic oxidation sites excluding steroid dienone is 4. The summed E-state index contributed by atoms with van der Waals surface area (Å²) in [6.07, 6.45) is 4.24. The van der Waals surface area contributed by atoms with Crippen molar-refractivity contribution in [2.24, 2.45) is 0 Å². The molecule has 3 aliphatic rings. The normalized spacial score (nSPS) is 20.0. The maximum Gasteiger partial charge on any atom is 0.172 e. The second kappa shape index (κ2) is 11.1. The Labute approximate surface area is 288 Å². The minimum Gasteiger partial charge on any atom is -0.336 e. The minimum atomic E-state index is -3.06. The van der Waals surface area contributed by atoms with E-state index in [4.69, 9.17) is 0 Å². The van der Waals surface area contributed by atoms with Crippen molar-refractivity contribution in [3.63, 3.8) is 0 Å². The van der Waals surface area contributed by atoms with E-state index < -0.39 is 7.14 Å². The number of anilines is 2. The number of fused-ring (bicyclic) bond motifs is 5. The van der Waals surface area contributed by atoms with Crippen LogP contribution in [0, 0.1) is 0 Å². The van der Waals surface area contributed by atoms with E-state index in [1.54, 1.807) is 0 Å². The standard InChI is InChI=1S/C46H36NOP/c1-31-37-15-9-12-20-45(37)49(48,36-13-5-4-6-14-36)44(31)28-24-34-30-47(43-19-11-8-16-38(34)43)35-25-21-32(22-26-35)33-23-27-42-40(29-33)39-17-7-10-18-41(39)46(42,2)3/h4-29H,1,30H2,2-3H3/b34-24+,44-28+. The molecule has 0 saturated carbocycles. The van der Waals surface area contributed by atoms with Gasteiger partial charge in [-0.1, -0.05) is 148 Å². The monoisotopic (exact) mass is 649 g/mol. The van der Waals surface area contributed by atoms with Gasteiger partial charge >= 0.3 is 0 Å². The summed E-state index contributed by atoms with van der Waals surface area (Å²) in [6, 6.07) is 51.2. The molecular formula is C46H36NOP. The Kier molecular flexibility index (Phi) is 6.70. The second-order valence-corrected chi connectivity index (χ2v) is 16.5. The summed E-state index contributed by atoms with van der Waals surface area (Å²) in [5, 5.41) is 2.53. The molecule has 0 amide bonds. The molecule has 2 aliphatic heterocycles. The fraction of sp³-hybridized carbons (Fsp3) is 0.0870. The summed E-state index contributed by atoms with van der Waals surface area (Å²) in [5.41, 5.74) is 14.4. The van der Waals surface area contributed by atoms with Gasteiger partial charge < -0.3 is 9.46 Å². The first kappa shape index (κ1) is 29.7. The molecule has 49 heavy (non-hydrogen) atoms. The van der Waals surface area contributed by atoms with Gasteiger partial charge in [-0.15, -0.1) is 0 Å². The van der Waals surface area contributed by atoms with Gasteiger partial charge in [0, 0.05) is 44.8 Å². The lowest BCUT2D eigenvalue weighted by Gasteiger charge is -2.21. The molecule has 0 fully saturated rings. The molecule has 1 unspecified atom stereocenters. The van der Waals surface area contributed by atoms with Gasteiger partial charge in [0.15, 0.2) is 7.14 Å². The Hall–Kier alpha value is -5.43. The number of nitrogens with zero attached hydrogens (tertiary/aromatic N) is 1. The summed E-state index contributed by atoms with van der Waals surface area (Å²) in [4.78, 5) is 2.37. The van der Waals surface area contributed by atoms with E-state index in [2.05, 4.69) is 128 Å². The number of hydrogen-bond acceptors (Lipinski definition) is 2. The van der Waals surface area contributed by atoms with Crippen LogP contribution in [0.1, 0.15) is 36.1 Å². The molecule has 236 valence electrons. The van der Waals surface area contributed by atoms with E-state index in [-0.39, 0.29) is 5.41 Å². The zero-order valence-corrected chi connectivity index (χ0v) is 28.6. The Morgan fingerprint density at radius 3 is 2.06 bits per heavy atom. The van der Waals surface area contributed by atoms with Crippen LogP contribution < -0.4 is 15.5 Å². The van der Waals surface area contributed by atoms with Crippen molar-refractivity contribution in [2.75, 3.05) is 11.4 Å². The highest BCUT2D eigenvalue weighted by Crippen LogP contribution is 2.62. The Balaban J connectivity index is 1.06. The highest BCUT2D eigenvalue weighted by atomic mass is 31.2. The zero-order valence-electron chi connectivity index (χ0n) is 27.7. The van der Waals surface area contributed by atoms with Gasteiger partial charge in [-0.25, -0.2) is 0 Å². The summed E-state index contributed by atoms with van der Waals surface area (Å²) in [5.74, 6) is 0. The first-order valence-electron chi connectivity index (χ1n) is 16.9. The molecule has 0 radical (unpaired) electrons. The third-order valence-electron chi connectivity index (χ3n) is 10.7. The van der Waals surface area contributed by atoms with E-state index in [0.29, 0.717) is 0 Å². The van der Waals surface area contributed by atoms with E-state index in [1.165, 1.54) is 50.2 Å². The van der Waals surface area contributed by atoms with Crippen molar-refractivity contribution in [3.8, 4) is 22.3 Å². The molecule has 0 bridgehead atoms. The van der Waals surface area contributed by atoms with Gasteiger partial charge in [-0.05, 0) is 80.4 Å². The lowest BCUT2D eigenvalue weighted by molar-refractivity contribution is 0.591. The fourth-order valence-electron chi connectivity index (χ4n) is 8.19. The molecule has 1 aliphatic carbocycles. The quantitative estimate of drug-likeness (QED) is 0.177. The number of para-hydroxylation sites is 1. The van der Waals surface area contributed by atoms with Crippen LogP contribution in [-0.2, 0) is 9.98 Å². The molecule has 0 saturated heterocycles. The smallest absolute Gasteiger partial charge is 0.172 e. The SMILES string of the molecule is C=C1/C(=C\C=C2/CN(c3ccc(-c4ccc5c(c4)-c4ccccc4C5(C)C)cc3)c3ccccc32)P(=O)(c2ccccc2)c2ccccc21. The largest absolute Gasteiger partial charge is 0.336 e.